The van der Waals surface area contributed by atoms with Crippen LogP contribution in [0.1, 0.15) is 23.6 Å². The van der Waals surface area contributed by atoms with Crippen LogP contribution in [0.4, 0.5) is 11.4 Å². The molecule has 36 heavy (non-hydrogen) atoms. The van der Waals surface area contributed by atoms with Crippen LogP contribution in [0.15, 0.2) is 85.1 Å². The summed E-state index contributed by atoms with van der Waals surface area (Å²) in [4.78, 5) is 24.2. The van der Waals surface area contributed by atoms with Crippen molar-refractivity contribution in [1.82, 2.24) is 9.78 Å². The van der Waals surface area contributed by atoms with E-state index >= 15 is 0 Å². The minimum atomic E-state index is -0.334. The Labute approximate surface area is 210 Å². The molecule has 0 bridgehead atoms. The van der Waals surface area contributed by atoms with E-state index in [1.807, 2.05) is 60.3 Å². The Bertz CT molecular complexity index is 1390. The number of hydrogen-bond donors (Lipinski definition) is 2. The summed E-state index contributed by atoms with van der Waals surface area (Å²) >= 11 is 0. The van der Waals surface area contributed by atoms with Crippen LogP contribution >= 0.6 is 0 Å². The van der Waals surface area contributed by atoms with Crippen molar-refractivity contribution in [2.45, 2.75) is 20.4 Å². The van der Waals surface area contributed by atoms with E-state index in [4.69, 9.17) is 9.84 Å². The highest BCUT2D eigenvalue weighted by Gasteiger charge is 2.12. The largest absolute Gasteiger partial charge is 0.495 e. The Morgan fingerprint density at radius 2 is 1.75 bits per heavy atom. The normalized spacial score (nSPS) is 10.9. The molecule has 0 aliphatic heterocycles. The minimum Gasteiger partial charge on any atom is -0.495 e. The third-order valence-corrected chi connectivity index (χ3v) is 5.49. The Morgan fingerprint density at radius 1 is 1.00 bits per heavy atom. The van der Waals surface area contributed by atoms with Gasteiger partial charge in [-0.2, -0.15) is 5.10 Å². The van der Waals surface area contributed by atoms with Gasteiger partial charge in [0.05, 0.1) is 25.0 Å². The summed E-state index contributed by atoms with van der Waals surface area (Å²) in [6, 6.07) is 23.3. The predicted octanol–water partition coefficient (Wildman–Crippen LogP) is 5.53. The number of amides is 2. The number of nitrogens with one attached hydrogen (secondary N) is 2. The topological polar surface area (TPSA) is 85.3 Å². The maximum atomic E-state index is 12.8. The molecule has 4 aromatic rings. The number of rotatable bonds is 8. The van der Waals surface area contributed by atoms with Gasteiger partial charge in [-0.05, 0) is 36.8 Å². The standard InChI is InChI=1S/C29H28N4O3/c1-20-9-11-23(12-10-20)29-24(19-33(32-29)18-22-7-5-4-6-8-22)13-16-28(35)31-26-17-25(30-21(2)34)14-15-27(26)36-3/h4-17,19H,18H2,1-3H3,(H,30,34)(H,31,35)/b16-13+. The molecule has 0 aliphatic rings. The lowest BCUT2D eigenvalue weighted by molar-refractivity contribution is -0.114. The second-order valence-corrected chi connectivity index (χ2v) is 8.40. The molecule has 0 atom stereocenters. The molecule has 0 unspecified atom stereocenters. The molecule has 2 amide bonds. The molecule has 2 N–H and O–H groups in total. The Balaban J connectivity index is 1.59. The smallest absolute Gasteiger partial charge is 0.248 e. The molecule has 0 saturated heterocycles. The summed E-state index contributed by atoms with van der Waals surface area (Å²) in [6.07, 6.45) is 5.15. The molecule has 3 aromatic carbocycles. The lowest BCUT2D eigenvalue weighted by Gasteiger charge is -2.11. The summed E-state index contributed by atoms with van der Waals surface area (Å²) in [6.45, 7) is 4.08. The van der Waals surface area contributed by atoms with Crippen molar-refractivity contribution in [2.24, 2.45) is 0 Å². The molecule has 7 nitrogen and oxygen atoms in total. The molecule has 0 fully saturated rings. The van der Waals surface area contributed by atoms with Gasteiger partial charge in [-0.25, -0.2) is 0 Å². The van der Waals surface area contributed by atoms with Crippen LogP contribution in [0.2, 0.25) is 0 Å². The zero-order valence-corrected chi connectivity index (χ0v) is 20.5. The monoisotopic (exact) mass is 480 g/mol. The van der Waals surface area contributed by atoms with Gasteiger partial charge in [-0.1, -0.05) is 60.2 Å². The molecule has 0 radical (unpaired) electrons. The molecule has 0 aliphatic carbocycles. The molecule has 0 spiro atoms. The second-order valence-electron chi connectivity index (χ2n) is 8.40. The van der Waals surface area contributed by atoms with Crippen molar-refractivity contribution in [3.63, 3.8) is 0 Å². The first-order chi connectivity index (χ1) is 17.4. The Hall–Kier alpha value is -4.65. The molecular weight excluding hydrogens is 452 g/mol. The van der Waals surface area contributed by atoms with E-state index in [9.17, 15) is 9.59 Å². The molecule has 1 heterocycles. The lowest BCUT2D eigenvalue weighted by atomic mass is 10.1. The molecular formula is C29H28N4O3. The molecule has 1 aromatic heterocycles. The van der Waals surface area contributed by atoms with Gasteiger partial charge in [0.1, 0.15) is 5.75 Å². The minimum absolute atomic E-state index is 0.200. The van der Waals surface area contributed by atoms with E-state index in [0.717, 1.165) is 27.9 Å². The van der Waals surface area contributed by atoms with Crippen molar-refractivity contribution in [3.05, 3.63) is 102 Å². The molecule has 0 saturated carbocycles. The van der Waals surface area contributed by atoms with Crippen LogP contribution in [0.5, 0.6) is 5.75 Å². The highest BCUT2D eigenvalue weighted by molar-refractivity contribution is 6.03. The fraction of sp³-hybridized carbons (Fsp3) is 0.138. The van der Waals surface area contributed by atoms with Crippen LogP contribution in [-0.4, -0.2) is 28.7 Å². The fourth-order valence-corrected chi connectivity index (χ4v) is 3.77. The van der Waals surface area contributed by atoms with Crippen LogP contribution in [0, 0.1) is 6.92 Å². The summed E-state index contributed by atoms with van der Waals surface area (Å²) < 4.78 is 7.23. The van der Waals surface area contributed by atoms with Gasteiger partial charge >= 0.3 is 0 Å². The second kappa shape index (κ2) is 11.2. The first kappa shape index (κ1) is 24.5. The third kappa shape index (κ3) is 6.27. The first-order valence-electron chi connectivity index (χ1n) is 11.5. The number of methoxy groups -OCH3 is 1. The van der Waals surface area contributed by atoms with Crippen molar-refractivity contribution >= 4 is 29.3 Å². The van der Waals surface area contributed by atoms with E-state index in [1.165, 1.54) is 20.1 Å². The Kier molecular flexibility index (Phi) is 7.60. The van der Waals surface area contributed by atoms with Crippen molar-refractivity contribution in [1.29, 1.82) is 0 Å². The summed E-state index contributed by atoms with van der Waals surface area (Å²) in [7, 11) is 1.52. The SMILES string of the molecule is COc1ccc(NC(C)=O)cc1NC(=O)/C=C/c1cn(Cc2ccccc2)nc1-c1ccc(C)cc1. The zero-order valence-electron chi connectivity index (χ0n) is 20.5. The van der Waals surface area contributed by atoms with Crippen LogP contribution in [0.25, 0.3) is 17.3 Å². The first-order valence-corrected chi connectivity index (χ1v) is 11.5. The van der Waals surface area contributed by atoms with Crippen molar-refractivity contribution < 1.29 is 14.3 Å². The van der Waals surface area contributed by atoms with Gasteiger partial charge in [-0.15, -0.1) is 0 Å². The van der Waals surface area contributed by atoms with Crippen LogP contribution in [-0.2, 0) is 16.1 Å². The summed E-state index contributed by atoms with van der Waals surface area (Å²) in [5.74, 6) is -0.0469. The summed E-state index contributed by atoms with van der Waals surface area (Å²) in [5, 5.41) is 10.3. The highest BCUT2D eigenvalue weighted by Crippen LogP contribution is 2.28. The predicted molar refractivity (Wildman–Crippen MR) is 143 cm³/mol. The number of nitrogens with zero attached hydrogens (tertiary/aromatic N) is 2. The lowest BCUT2D eigenvalue weighted by Crippen LogP contribution is -2.10. The van der Waals surface area contributed by atoms with Gasteiger partial charge in [0.2, 0.25) is 11.8 Å². The third-order valence-electron chi connectivity index (χ3n) is 5.49. The van der Waals surface area contributed by atoms with E-state index in [2.05, 4.69) is 22.8 Å². The Morgan fingerprint density at radius 3 is 2.44 bits per heavy atom. The number of aryl methyl sites for hydroxylation is 1. The van der Waals surface area contributed by atoms with Gasteiger partial charge < -0.3 is 15.4 Å². The van der Waals surface area contributed by atoms with E-state index in [1.54, 1.807) is 24.3 Å². The number of aromatic nitrogens is 2. The number of benzene rings is 3. The van der Waals surface area contributed by atoms with Gasteiger partial charge in [0.15, 0.2) is 0 Å². The maximum Gasteiger partial charge on any atom is 0.248 e. The zero-order chi connectivity index (χ0) is 25.5. The number of carbonyl (C=O) groups is 2. The maximum absolute atomic E-state index is 12.8. The van der Waals surface area contributed by atoms with Crippen molar-refractivity contribution in [3.8, 4) is 17.0 Å². The van der Waals surface area contributed by atoms with Crippen LogP contribution < -0.4 is 15.4 Å². The van der Waals surface area contributed by atoms with Gasteiger partial charge in [0, 0.05) is 36.0 Å². The number of ether oxygens (including phenoxy) is 1. The van der Waals surface area contributed by atoms with Crippen molar-refractivity contribution in [2.75, 3.05) is 17.7 Å². The van der Waals surface area contributed by atoms with E-state index in [-0.39, 0.29) is 11.8 Å². The van der Waals surface area contributed by atoms with Crippen LogP contribution in [0.3, 0.4) is 0 Å². The van der Waals surface area contributed by atoms with Gasteiger partial charge in [0.25, 0.3) is 0 Å². The van der Waals surface area contributed by atoms with Gasteiger partial charge in [-0.3, -0.25) is 14.3 Å². The molecule has 7 heteroatoms. The number of hydrogen-bond acceptors (Lipinski definition) is 4. The fourth-order valence-electron chi connectivity index (χ4n) is 3.77. The number of anilines is 2. The summed E-state index contributed by atoms with van der Waals surface area (Å²) in [5.41, 5.74) is 5.90. The van der Waals surface area contributed by atoms with E-state index < -0.39 is 0 Å². The highest BCUT2D eigenvalue weighted by atomic mass is 16.5. The molecule has 4 rings (SSSR count). The molecule has 182 valence electrons. The quantitative estimate of drug-likeness (QED) is 0.325. The number of carbonyl (C=O) groups excluding carboxylic acids is 2. The average molecular weight is 481 g/mol. The van der Waals surface area contributed by atoms with E-state index in [0.29, 0.717) is 23.7 Å². The average Bonchev–Trinajstić information content (AvgIpc) is 3.26.